The molecule has 1 atom stereocenters. The van der Waals surface area contributed by atoms with E-state index in [0.29, 0.717) is 19.8 Å². The van der Waals surface area contributed by atoms with Crippen LogP contribution >= 0.6 is 0 Å². The van der Waals surface area contributed by atoms with Crippen LogP contribution in [-0.4, -0.2) is 52.0 Å². The van der Waals surface area contributed by atoms with Crippen molar-refractivity contribution in [2.24, 2.45) is 0 Å². The molecule has 1 heterocycles. The van der Waals surface area contributed by atoms with E-state index in [1.54, 1.807) is 11.4 Å². The fourth-order valence-corrected chi connectivity index (χ4v) is 5.03. The van der Waals surface area contributed by atoms with Gasteiger partial charge in [0.25, 0.3) is 0 Å². The molecule has 5 nitrogen and oxygen atoms in total. The van der Waals surface area contributed by atoms with Crippen LogP contribution in [0.25, 0.3) is 0 Å². The summed E-state index contributed by atoms with van der Waals surface area (Å²) in [5, 5.41) is 0. The highest BCUT2D eigenvalue weighted by Crippen LogP contribution is 2.37. The second kappa shape index (κ2) is 8.97. The molecule has 0 spiro atoms. The van der Waals surface area contributed by atoms with Crippen LogP contribution in [0.1, 0.15) is 28.3 Å². The molecule has 1 unspecified atom stereocenters. The Balaban J connectivity index is 1.88. The minimum Gasteiger partial charge on any atom is -0.382 e. The summed E-state index contributed by atoms with van der Waals surface area (Å²) in [5.41, 5.74) is 4.49. The summed E-state index contributed by atoms with van der Waals surface area (Å²) < 4.78 is 38.2. The van der Waals surface area contributed by atoms with Crippen molar-refractivity contribution in [1.29, 1.82) is 0 Å². The molecule has 0 N–H and O–H groups in total. The van der Waals surface area contributed by atoms with Crippen LogP contribution in [0.5, 0.6) is 0 Å². The van der Waals surface area contributed by atoms with Crippen molar-refractivity contribution in [2.75, 3.05) is 39.2 Å². The Morgan fingerprint density at radius 2 is 1.85 bits per heavy atom. The summed E-state index contributed by atoms with van der Waals surface area (Å²) in [4.78, 5) is 0. The maximum atomic E-state index is 13.1. The molecule has 2 aromatic rings. The van der Waals surface area contributed by atoms with Gasteiger partial charge in [-0.05, 0) is 30.0 Å². The fraction of sp³-hybridized carbons (Fsp3) is 0.429. The number of ether oxygens (including phenoxy) is 2. The highest BCUT2D eigenvalue weighted by Gasteiger charge is 2.36. The van der Waals surface area contributed by atoms with E-state index in [4.69, 9.17) is 9.47 Å². The molecule has 0 radical (unpaired) electrons. The van der Waals surface area contributed by atoms with Crippen molar-refractivity contribution in [1.82, 2.24) is 4.31 Å². The molecule has 27 heavy (non-hydrogen) atoms. The minimum atomic E-state index is -3.45. The lowest BCUT2D eigenvalue weighted by Gasteiger charge is -2.37. The van der Waals surface area contributed by atoms with Crippen LogP contribution in [0, 0.1) is 6.92 Å². The third-order valence-corrected chi connectivity index (χ3v) is 6.66. The summed E-state index contributed by atoms with van der Waals surface area (Å²) >= 11 is 0. The van der Waals surface area contributed by atoms with Gasteiger partial charge in [-0.25, -0.2) is 8.42 Å². The molecule has 0 aliphatic carbocycles. The van der Waals surface area contributed by atoms with Crippen LogP contribution in [0.2, 0.25) is 0 Å². The molecule has 2 aromatic carbocycles. The fourth-order valence-electron chi connectivity index (χ4n) is 3.54. The van der Waals surface area contributed by atoms with Gasteiger partial charge in [-0.3, -0.25) is 0 Å². The first kappa shape index (κ1) is 20.0. The van der Waals surface area contributed by atoms with Crippen LogP contribution < -0.4 is 0 Å². The first-order valence-corrected chi connectivity index (χ1v) is 10.8. The van der Waals surface area contributed by atoms with Gasteiger partial charge < -0.3 is 9.47 Å². The number of aryl methyl sites for hydroxylation is 1. The van der Waals surface area contributed by atoms with E-state index >= 15 is 0 Å². The van der Waals surface area contributed by atoms with Gasteiger partial charge in [-0.15, -0.1) is 0 Å². The van der Waals surface area contributed by atoms with Gasteiger partial charge >= 0.3 is 0 Å². The second-order valence-electron chi connectivity index (χ2n) is 6.80. The van der Waals surface area contributed by atoms with Gasteiger partial charge in [0, 0.05) is 13.7 Å². The van der Waals surface area contributed by atoms with Crippen LogP contribution in [0.4, 0.5) is 0 Å². The first-order valence-electron chi connectivity index (χ1n) is 9.23. The van der Waals surface area contributed by atoms with E-state index in [1.165, 1.54) is 11.1 Å². The normalized spacial score (nSPS) is 17.6. The summed E-state index contributed by atoms with van der Waals surface area (Å²) in [5.74, 6) is -0.0265. The van der Waals surface area contributed by atoms with Gasteiger partial charge in [0.05, 0.1) is 31.6 Å². The van der Waals surface area contributed by atoms with Crippen molar-refractivity contribution in [3.63, 3.8) is 0 Å². The zero-order valence-electron chi connectivity index (χ0n) is 15.9. The molecule has 3 rings (SSSR count). The maximum Gasteiger partial charge on any atom is 0.217 e. The number of hydrogen-bond donors (Lipinski definition) is 0. The van der Waals surface area contributed by atoms with E-state index in [0.717, 1.165) is 17.5 Å². The Kier molecular flexibility index (Phi) is 6.65. The molecule has 0 bridgehead atoms. The summed E-state index contributed by atoms with van der Waals surface area (Å²) in [6, 6.07) is 15.9. The molecule has 1 aliphatic rings. The Morgan fingerprint density at radius 1 is 1.07 bits per heavy atom. The van der Waals surface area contributed by atoms with Crippen molar-refractivity contribution in [3.05, 3.63) is 70.8 Å². The summed E-state index contributed by atoms with van der Waals surface area (Å²) in [7, 11) is -1.86. The molecule has 0 fully saturated rings. The number of nitrogens with zero attached hydrogens (tertiary/aromatic N) is 1. The highest BCUT2D eigenvalue weighted by atomic mass is 32.2. The zero-order chi connectivity index (χ0) is 19.3. The van der Waals surface area contributed by atoms with Crippen LogP contribution in [0.15, 0.2) is 48.5 Å². The van der Waals surface area contributed by atoms with Gasteiger partial charge in [0.15, 0.2) is 0 Å². The topological polar surface area (TPSA) is 55.8 Å². The summed E-state index contributed by atoms with van der Waals surface area (Å²) in [6.07, 6.45) is 0.726. The number of fused-ring (bicyclic) bond motifs is 1. The quantitative estimate of drug-likeness (QED) is 0.652. The number of hydrogen-bond acceptors (Lipinski definition) is 4. The molecule has 0 saturated heterocycles. The van der Waals surface area contributed by atoms with Gasteiger partial charge in [-0.2, -0.15) is 4.31 Å². The Morgan fingerprint density at radius 3 is 2.59 bits per heavy atom. The SMILES string of the molecule is COCCOCCS(=O)(=O)N1CCc2cc(C)ccc2C1c1ccccc1. The zero-order valence-corrected chi connectivity index (χ0v) is 16.7. The Hall–Kier alpha value is -1.73. The molecule has 0 amide bonds. The molecule has 1 aliphatic heterocycles. The standard InChI is InChI=1S/C21H27NO4S/c1-17-8-9-20-19(16-17)10-11-22(21(20)18-6-4-3-5-7-18)27(23,24)15-14-26-13-12-25-2/h3-9,16,21H,10-15H2,1-2H3. The average molecular weight is 390 g/mol. The third kappa shape index (κ3) is 4.76. The van der Waals surface area contributed by atoms with Gasteiger partial charge in [-0.1, -0.05) is 54.1 Å². The highest BCUT2D eigenvalue weighted by molar-refractivity contribution is 7.89. The molecule has 0 aromatic heterocycles. The van der Waals surface area contributed by atoms with E-state index in [1.807, 2.05) is 30.3 Å². The lowest BCUT2D eigenvalue weighted by atomic mass is 9.89. The van der Waals surface area contributed by atoms with Crippen molar-refractivity contribution in [2.45, 2.75) is 19.4 Å². The van der Waals surface area contributed by atoms with Gasteiger partial charge in [0.2, 0.25) is 10.0 Å². The van der Waals surface area contributed by atoms with Gasteiger partial charge in [0.1, 0.15) is 0 Å². The number of benzene rings is 2. The number of methoxy groups -OCH3 is 1. The molecular formula is C21H27NO4S. The first-order chi connectivity index (χ1) is 13.0. The smallest absolute Gasteiger partial charge is 0.217 e. The predicted molar refractivity (Wildman–Crippen MR) is 106 cm³/mol. The Bertz CT molecular complexity index is 852. The second-order valence-corrected chi connectivity index (χ2v) is 8.84. The minimum absolute atomic E-state index is 0.0265. The Labute approximate surface area is 162 Å². The molecule has 6 heteroatoms. The van der Waals surface area contributed by atoms with Crippen molar-refractivity contribution >= 4 is 10.0 Å². The maximum absolute atomic E-state index is 13.1. The van der Waals surface area contributed by atoms with E-state index in [2.05, 4.69) is 25.1 Å². The van der Waals surface area contributed by atoms with Crippen LogP contribution in [-0.2, 0) is 25.9 Å². The van der Waals surface area contributed by atoms with E-state index in [9.17, 15) is 8.42 Å². The largest absolute Gasteiger partial charge is 0.382 e. The van der Waals surface area contributed by atoms with E-state index < -0.39 is 10.0 Å². The lowest BCUT2D eigenvalue weighted by Crippen LogP contribution is -2.42. The molecule has 146 valence electrons. The predicted octanol–water partition coefficient (Wildman–Crippen LogP) is 2.94. The van der Waals surface area contributed by atoms with Crippen molar-refractivity contribution in [3.8, 4) is 0 Å². The average Bonchev–Trinajstić information content (AvgIpc) is 2.67. The van der Waals surface area contributed by atoms with Crippen molar-refractivity contribution < 1.29 is 17.9 Å². The third-order valence-electron chi connectivity index (χ3n) is 4.87. The number of rotatable bonds is 8. The van der Waals surface area contributed by atoms with Crippen LogP contribution in [0.3, 0.4) is 0 Å². The molecule has 0 saturated carbocycles. The lowest BCUT2D eigenvalue weighted by molar-refractivity contribution is 0.0780. The monoisotopic (exact) mass is 389 g/mol. The molecular weight excluding hydrogens is 362 g/mol. The van der Waals surface area contributed by atoms with E-state index in [-0.39, 0.29) is 18.4 Å². The number of sulfonamides is 1. The summed E-state index contributed by atoms with van der Waals surface area (Å²) in [6.45, 7) is 3.58.